The number of alkyl halides is 2. The maximum Gasteiger partial charge on any atom is 0.268 e. The van der Waals surface area contributed by atoms with E-state index in [1.165, 1.54) is 6.20 Å². The Labute approximate surface area is 132 Å². The van der Waals surface area contributed by atoms with Gasteiger partial charge in [0, 0.05) is 18.0 Å². The van der Waals surface area contributed by atoms with Crippen molar-refractivity contribution in [2.24, 2.45) is 0 Å². The minimum Gasteiger partial charge on any atom is -0.282 e. The molecule has 8 heteroatoms. The fraction of sp³-hybridized carbons (Fsp3) is 0.462. The van der Waals surface area contributed by atoms with Crippen LogP contribution in [0.2, 0.25) is 5.28 Å². The van der Waals surface area contributed by atoms with E-state index in [1.54, 1.807) is 6.92 Å². The average Bonchev–Trinajstić information content (AvgIpc) is 2.76. The Morgan fingerprint density at radius 1 is 1.52 bits per heavy atom. The van der Waals surface area contributed by atoms with E-state index in [1.807, 2.05) is 0 Å². The van der Waals surface area contributed by atoms with Crippen molar-refractivity contribution < 1.29 is 8.78 Å². The van der Waals surface area contributed by atoms with Crippen molar-refractivity contribution in [2.75, 3.05) is 0 Å². The van der Waals surface area contributed by atoms with Crippen LogP contribution in [0.25, 0.3) is 11.0 Å². The van der Waals surface area contributed by atoms with Crippen LogP contribution in [0.3, 0.4) is 0 Å². The summed E-state index contributed by atoms with van der Waals surface area (Å²) in [6.45, 7) is 1.71. The lowest BCUT2D eigenvalue weighted by Gasteiger charge is -2.23. The molecule has 0 N–H and O–H groups in total. The average molecular weight is 379 g/mol. The molecule has 21 heavy (non-hydrogen) atoms. The number of aryl methyl sites for hydroxylation is 1. The molecule has 0 amide bonds. The van der Waals surface area contributed by atoms with Crippen molar-refractivity contribution in [1.29, 1.82) is 0 Å². The number of rotatable bonds is 1. The van der Waals surface area contributed by atoms with Crippen LogP contribution in [0.1, 0.15) is 30.9 Å². The number of nitrogens with zero attached hydrogens (tertiary/aromatic N) is 3. The van der Waals surface area contributed by atoms with Gasteiger partial charge in [0.05, 0.1) is 4.47 Å². The molecule has 1 unspecified atom stereocenters. The molecule has 2 heterocycles. The lowest BCUT2D eigenvalue weighted by molar-refractivity contribution is -0.0305. The molecule has 0 saturated heterocycles. The summed E-state index contributed by atoms with van der Waals surface area (Å²) in [6.07, 6.45) is 1.83. The molecule has 4 nitrogen and oxygen atoms in total. The summed E-state index contributed by atoms with van der Waals surface area (Å²) in [6, 6.07) is -1.20. The van der Waals surface area contributed by atoms with Crippen LogP contribution >= 0.6 is 27.5 Å². The van der Waals surface area contributed by atoms with E-state index in [4.69, 9.17) is 11.6 Å². The second-order valence-electron chi connectivity index (χ2n) is 5.16. The molecule has 3 rings (SSSR count). The molecular weight excluding hydrogens is 368 g/mol. The molecule has 1 atom stereocenters. The molecule has 0 bridgehead atoms. The van der Waals surface area contributed by atoms with Gasteiger partial charge in [0.1, 0.15) is 11.7 Å². The highest BCUT2D eigenvalue weighted by Gasteiger charge is 2.46. The van der Waals surface area contributed by atoms with Gasteiger partial charge >= 0.3 is 0 Å². The molecule has 0 radical (unpaired) electrons. The van der Waals surface area contributed by atoms with Crippen molar-refractivity contribution in [2.45, 2.75) is 38.2 Å². The summed E-state index contributed by atoms with van der Waals surface area (Å²) >= 11 is 8.96. The van der Waals surface area contributed by atoms with E-state index in [-0.39, 0.29) is 28.2 Å². The number of hydrogen-bond donors (Lipinski definition) is 0. The van der Waals surface area contributed by atoms with E-state index in [2.05, 4.69) is 25.9 Å². The molecule has 112 valence electrons. The first-order valence-corrected chi connectivity index (χ1v) is 7.60. The number of halogens is 4. The predicted octanol–water partition coefficient (Wildman–Crippen LogP) is 3.88. The molecule has 0 aromatic carbocycles. The van der Waals surface area contributed by atoms with Gasteiger partial charge in [-0.25, -0.2) is 13.8 Å². The Kier molecular flexibility index (Phi) is 3.52. The summed E-state index contributed by atoms with van der Waals surface area (Å²) in [5.74, 6) is -2.93. The first-order chi connectivity index (χ1) is 9.83. The van der Waals surface area contributed by atoms with E-state index in [9.17, 15) is 13.6 Å². The Morgan fingerprint density at radius 2 is 2.24 bits per heavy atom. The van der Waals surface area contributed by atoms with Crippen LogP contribution in [0, 0.1) is 6.92 Å². The van der Waals surface area contributed by atoms with Gasteiger partial charge in [-0.15, -0.1) is 0 Å². The second-order valence-corrected chi connectivity index (χ2v) is 6.29. The van der Waals surface area contributed by atoms with Gasteiger partial charge in [0.15, 0.2) is 0 Å². The van der Waals surface area contributed by atoms with Gasteiger partial charge in [0.25, 0.3) is 11.5 Å². The molecular formula is C13H11BrClF2N3O. The maximum absolute atomic E-state index is 14.1. The van der Waals surface area contributed by atoms with Gasteiger partial charge in [-0.05, 0) is 52.9 Å². The number of aromatic nitrogens is 3. The second kappa shape index (κ2) is 4.98. The van der Waals surface area contributed by atoms with Crippen molar-refractivity contribution in [1.82, 2.24) is 14.5 Å². The van der Waals surface area contributed by atoms with Gasteiger partial charge in [0.2, 0.25) is 5.28 Å². The minimum absolute atomic E-state index is 0.0707. The van der Waals surface area contributed by atoms with Crippen LogP contribution in [0.5, 0.6) is 0 Å². The third-order valence-electron chi connectivity index (χ3n) is 3.89. The van der Waals surface area contributed by atoms with Crippen LogP contribution in [0.4, 0.5) is 8.78 Å². The lowest BCUT2D eigenvalue weighted by Crippen LogP contribution is -2.34. The highest BCUT2D eigenvalue weighted by Crippen LogP contribution is 2.44. The van der Waals surface area contributed by atoms with Crippen molar-refractivity contribution >= 4 is 38.6 Å². The Hall–Kier alpha value is -1.08. The van der Waals surface area contributed by atoms with E-state index in [0.29, 0.717) is 17.4 Å². The topological polar surface area (TPSA) is 47.8 Å². The Balaban J connectivity index is 2.41. The molecule has 1 saturated carbocycles. The van der Waals surface area contributed by atoms with Gasteiger partial charge in [-0.3, -0.25) is 9.36 Å². The summed E-state index contributed by atoms with van der Waals surface area (Å²) in [5.41, 5.74) is 0.262. The zero-order chi connectivity index (χ0) is 15.4. The molecule has 1 aliphatic carbocycles. The van der Waals surface area contributed by atoms with Gasteiger partial charge < -0.3 is 0 Å². The normalized spacial score (nSPS) is 21.1. The lowest BCUT2D eigenvalue weighted by atomic mass is 10.1. The van der Waals surface area contributed by atoms with Crippen LogP contribution < -0.4 is 5.56 Å². The zero-order valence-electron chi connectivity index (χ0n) is 11.0. The van der Waals surface area contributed by atoms with Crippen molar-refractivity contribution in [3.05, 3.63) is 31.9 Å². The van der Waals surface area contributed by atoms with Crippen LogP contribution in [0.15, 0.2) is 15.5 Å². The summed E-state index contributed by atoms with van der Waals surface area (Å²) < 4.78 is 29.5. The Bertz CT molecular complexity index is 793. The first kappa shape index (κ1) is 14.8. The number of hydrogen-bond acceptors (Lipinski definition) is 3. The fourth-order valence-electron chi connectivity index (χ4n) is 2.80. The third-order valence-corrected chi connectivity index (χ3v) is 5.01. The fourth-order valence-corrected chi connectivity index (χ4v) is 3.33. The third kappa shape index (κ3) is 2.26. The van der Waals surface area contributed by atoms with Gasteiger partial charge in [-0.1, -0.05) is 0 Å². The predicted molar refractivity (Wildman–Crippen MR) is 79.1 cm³/mol. The SMILES string of the molecule is Cc1c(Br)c(=O)n(C2CCCC2(F)F)c2nc(Cl)ncc12. The van der Waals surface area contributed by atoms with Crippen molar-refractivity contribution in [3.63, 3.8) is 0 Å². The van der Waals surface area contributed by atoms with Gasteiger partial charge in [-0.2, -0.15) is 4.98 Å². The monoisotopic (exact) mass is 377 g/mol. The number of pyridine rings is 1. The molecule has 0 spiro atoms. The zero-order valence-corrected chi connectivity index (χ0v) is 13.4. The quantitative estimate of drug-likeness (QED) is 0.708. The highest BCUT2D eigenvalue weighted by atomic mass is 79.9. The first-order valence-electron chi connectivity index (χ1n) is 6.43. The Morgan fingerprint density at radius 3 is 2.86 bits per heavy atom. The minimum atomic E-state index is -2.93. The van der Waals surface area contributed by atoms with Crippen molar-refractivity contribution in [3.8, 4) is 0 Å². The molecule has 1 fully saturated rings. The highest BCUT2D eigenvalue weighted by molar-refractivity contribution is 9.10. The molecule has 2 aromatic heterocycles. The molecule has 0 aliphatic heterocycles. The van der Waals surface area contributed by atoms with Crippen LogP contribution in [-0.2, 0) is 0 Å². The summed E-state index contributed by atoms with van der Waals surface area (Å²) in [7, 11) is 0. The molecule has 2 aromatic rings. The van der Waals surface area contributed by atoms with E-state index < -0.39 is 17.5 Å². The summed E-state index contributed by atoms with van der Waals surface area (Å²) in [5, 5.41) is 0.465. The molecule has 1 aliphatic rings. The number of fused-ring (bicyclic) bond motifs is 1. The standard InChI is InChI=1S/C13H11BrClF2N3O/c1-6-7-5-18-12(15)19-10(7)20(11(21)9(6)14)8-3-2-4-13(8,16)17/h5,8H,2-4H2,1H3. The van der Waals surface area contributed by atoms with E-state index in [0.717, 1.165) is 4.57 Å². The smallest absolute Gasteiger partial charge is 0.268 e. The largest absolute Gasteiger partial charge is 0.282 e. The van der Waals surface area contributed by atoms with E-state index >= 15 is 0 Å². The maximum atomic E-state index is 14.1. The summed E-state index contributed by atoms with van der Waals surface area (Å²) in [4.78, 5) is 20.4. The van der Waals surface area contributed by atoms with Crippen LogP contribution in [-0.4, -0.2) is 20.5 Å².